The summed E-state index contributed by atoms with van der Waals surface area (Å²) in [5, 5.41) is 0. The summed E-state index contributed by atoms with van der Waals surface area (Å²) < 4.78 is 0. The van der Waals surface area contributed by atoms with Gasteiger partial charge in [0.1, 0.15) is 0 Å². The molecule has 16 heavy (non-hydrogen) atoms. The summed E-state index contributed by atoms with van der Waals surface area (Å²) in [6.45, 7) is 5.32. The highest BCUT2D eigenvalue weighted by Gasteiger charge is 2.25. The number of hydrogen-bond donors (Lipinski definition) is 1. The second kappa shape index (κ2) is 6.55. The lowest BCUT2D eigenvalue weighted by molar-refractivity contribution is 0.116. The Morgan fingerprint density at radius 1 is 1.62 bits per heavy atom. The molecule has 92 valence electrons. The van der Waals surface area contributed by atoms with Gasteiger partial charge in [-0.2, -0.15) is 0 Å². The summed E-state index contributed by atoms with van der Waals surface area (Å²) in [6, 6.07) is 0.566. The number of hydrogen-bond acceptors (Lipinski definition) is 4. The van der Waals surface area contributed by atoms with E-state index in [0.29, 0.717) is 6.04 Å². The van der Waals surface area contributed by atoms with Crippen molar-refractivity contribution in [2.45, 2.75) is 32.4 Å². The van der Waals surface area contributed by atoms with Crippen LogP contribution in [0.15, 0.2) is 11.7 Å². The van der Waals surface area contributed by atoms with E-state index < -0.39 is 0 Å². The zero-order valence-corrected chi connectivity index (χ0v) is 11.3. The van der Waals surface area contributed by atoms with Gasteiger partial charge in [0, 0.05) is 30.2 Å². The molecular formula is C11H20ClN3S. The van der Waals surface area contributed by atoms with Crippen molar-refractivity contribution in [3.05, 3.63) is 16.6 Å². The van der Waals surface area contributed by atoms with Crippen LogP contribution < -0.4 is 5.73 Å². The Kier molecular flexibility index (Phi) is 5.69. The maximum absolute atomic E-state index is 5.83. The van der Waals surface area contributed by atoms with Crippen molar-refractivity contribution < 1.29 is 0 Å². The van der Waals surface area contributed by atoms with Crippen molar-refractivity contribution in [3.63, 3.8) is 0 Å². The average Bonchev–Trinajstić information content (AvgIpc) is 2.73. The van der Waals surface area contributed by atoms with Gasteiger partial charge in [-0.05, 0) is 25.3 Å². The largest absolute Gasteiger partial charge is 0.329 e. The van der Waals surface area contributed by atoms with E-state index in [2.05, 4.69) is 16.8 Å². The average molecular weight is 262 g/mol. The van der Waals surface area contributed by atoms with E-state index in [1.807, 2.05) is 11.7 Å². The highest BCUT2D eigenvalue weighted by molar-refractivity contribution is 7.09. The maximum atomic E-state index is 5.83. The van der Waals surface area contributed by atoms with Gasteiger partial charge in [-0.3, -0.25) is 9.88 Å². The molecular weight excluding hydrogens is 242 g/mol. The number of piperidine rings is 1. The Bertz CT molecular complexity index is 291. The molecule has 3 nitrogen and oxygen atoms in total. The molecule has 2 N–H and O–H groups in total. The molecule has 0 spiro atoms. The van der Waals surface area contributed by atoms with Crippen molar-refractivity contribution in [1.29, 1.82) is 0 Å². The van der Waals surface area contributed by atoms with Gasteiger partial charge in [-0.1, -0.05) is 6.92 Å². The van der Waals surface area contributed by atoms with Crippen LogP contribution in [0.5, 0.6) is 0 Å². The Morgan fingerprint density at radius 2 is 2.44 bits per heavy atom. The first-order valence-corrected chi connectivity index (χ1v) is 6.49. The minimum Gasteiger partial charge on any atom is -0.329 e. The molecule has 2 unspecified atom stereocenters. The highest BCUT2D eigenvalue weighted by atomic mass is 35.5. The summed E-state index contributed by atoms with van der Waals surface area (Å²) >= 11 is 1.74. The van der Waals surface area contributed by atoms with E-state index in [1.54, 1.807) is 11.3 Å². The molecule has 5 heteroatoms. The van der Waals surface area contributed by atoms with E-state index in [1.165, 1.54) is 24.3 Å². The lowest BCUT2D eigenvalue weighted by atomic mass is 9.92. The van der Waals surface area contributed by atoms with Crippen LogP contribution in [0.4, 0.5) is 0 Å². The topological polar surface area (TPSA) is 42.2 Å². The van der Waals surface area contributed by atoms with Crippen molar-refractivity contribution >= 4 is 23.7 Å². The highest BCUT2D eigenvalue weighted by Crippen LogP contribution is 2.24. The molecule has 2 heterocycles. The minimum absolute atomic E-state index is 0. The van der Waals surface area contributed by atoms with Crippen molar-refractivity contribution in [1.82, 2.24) is 9.88 Å². The smallest absolute Gasteiger partial charge is 0.0794 e. The molecule has 0 bridgehead atoms. The fraction of sp³-hybridized carbons (Fsp3) is 0.727. The van der Waals surface area contributed by atoms with E-state index in [9.17, 15) is 0 Å². The lowest BCUT2D eigenvalue weighted by Gasteiger charge is -2.37. The van der Waals surface area contributed by atoms with Gasteiger partial charge in [-0.25, -0.2) is 0 Å². The molecule has 0 aromatic carbocycles. The SMILES string of the molecule is CC1CCN(Cc2cncs2)C(CN)C1.Cl. The quantitative estimate of drug-likeness (QED) is 0.906. The number of aromatic nitrogens is 1. The van der Waals surface area contributed by atoms with E-state index >= 15 is 0 Å². The molecule has 2 atom stereocenters. The Labute approximate surface area is 107 Å². The molecule has 0 radical (unpaired) electrons. The van der Waals surface area contributed by atoms with Crippen molar-refractivity contribution in [2.75, 3.05) is 13.1 Å². The summed E-state index contributed by atoms with van der Waals surface area (Å²) in [5.74, 6) is 0.830. The molecule has 0 amide bonds. The second-order valence-corrected chi connectivity index (χ2v) is 5.43. The normalized spacial score (nSPS) is 26.4. The molecule has 1 saturated heterocycles. The predicted molar refractivity (Wildman–Crippen MR) is 71.0 cm³/mol. The molecule has 1 aliphatic rings. The number of nitrogens with two attached hydrogens (primary N) is 1. The summed E-state index contributed by atoms with van der Waals surface area (Å²) in [4.78, 5) is 7.97. The lowest BCUT2D eigenvalue weighted by Crippen LogP contribution is -2.45. The van der Waals surface area contributed by atoms with Crippen LogP contribution >= 0.6 is 23.7 Å². The van der Waals surface area contributed by atoms with Crippen LogP contribution in [0.1, 0.15) is 24.6 Å². The number of likely N-dealkylation sites (tertiary alicyclic amines) is 1. The summed E-state index contributed by atoms with van der Waals surface area (Å²) in [6.07, 6.45) is 4.51. The van der Waals surface area contributed by atoms with E-state index in [-0.39, 0.29) is 12.4 Å². The second-order valence-electron chi connectivity index (χ2n) is 4.46. The Hall–Kier alpha value is -0.160. The van der Waals surface area contributed by atoms with Crippen LogP contribution in [-0.2, 0) is 6.54 Å². The molecule has 1 aromatic heterocycles. The fourth-order valence-electron chi connectivity index (χ4n) is 2.27. The van der Waals surface area contributed by atoms with Crippen LogP contribution in [0.3, 0.4) is 0 Å². The van der Waals surface area contributed by atoms with Gasteiger partial charge < -0.3 is 5.73 Å². The first-order valence-electron chi connectivity index (χ1n) is 5.61. The number of rotatable bonds is 3. The molecule has 2 rings (SSSR count). The Morgan fingerprint density at radius 3 is 3.06 bits per heavy atom. The number of nitrogens with zero attached hydrogens (tertiary/aromatic N) is 2. The summed E-state index contributed by atoms with van der Waals surface area (Å²) in [7, 11) is 0. The monoisotopic (exact) mass is 261 g/mol. The van der Waals surface area contributed by atoms with Crippen LogP contribution in [0, 0.1) is 5.92 Å². The van der Waals surface area contributed by atoms with E-state index in [0.717, 1.165) is 19.0 Å². The third kappa shape index (κ3) is 3.42. The van der Waals surface area contributed by atoms with Gasteiger partial charge in [0.25, 0.3) is 0 Å². The van der Waals surface area contributed by atoms with Crippen LogP contribution in [0.2, 0.25) is 0 Å². The van der Waals surface area contributed by atoms with Crippen LogP contribution in [0.25, 0.3) is 0 Å². The molecule has 1 aliphatic heterocycles. The number of halogens is 1. The van der Waals surface area contributed by atoms with Gasteiger partial charge in [0.2, 0.25) is 0 Å². The maximum Gasteiger partial charge on any atom is 0.0794 e. The zero-order chi connectivity index (χ0) is 10.7. The van der Waals surface area contributed by atoms with Gasteiger partial charge in [-0.15, -0.1) is 23.7 Å². The molecule has 1 aromatic rings. The molecule has 1 fully saturated rings. The standard InChI is InChI=1S/C11H19N3S.ClH/c1-9-2-3-14(10(4-9)5-12)7-11-6-13-8-15-11;/h6,8-10H,2-5,7,12H2,1H3;1H. The number of thiazole rings is 1. The third-order valence-corrected chi connectivity index (χ3v) is 3.98. The summed E-state index contributed by atoms with van der Waals surface area (Å²) in [5.41, 5.74) is 7.73. The molecule has 0 saturated carbocycles. The zero-order valence-electron chi connectivity index (χ0n) is 9.63. The van der Waals surface area contributed by atoms with Crippen molar-refractivity contribution in [3.8, 4) is 0 Å². The van der Waals surface area contributed by atoms with Gasteiger partial charge in [0.15, 0.2) is 0 Å². The third-order valence-electron chi connectivity index (χ3n) is 3.21. The van der Waals surface area contributed by atoms with Crippen LogP contribution in [-0.4, -0.2) is 29.0 Å². The van der Waals surface area contributed by atoms with E-state index in [4.69, 9.17) is 5.73 Å². The van der Waals surface area contributed by atoms with Crippen molar-refractivity contribution in [2.24, 2.45) is 11.7 Å². The predicted octanol–water partition coefficient (Wildman–Crippen LogP) is 2.12. The van der Waals surface area contributed by atoms with Gasteiger partial charge >= 0.3 is 0 Å². The van der Waals surface area contributed by atoms with Gasteiger partial charge in [0.05, 0.1) is 5.51 Å². The first kappa shape index (κ1) is 13.9. The first-order chi connectivity index (χ1) is 7.29. The minimum atomic E-state index is 0. The molecule has 0 aliphatic carbocycles. The fourth-order valence-corrected chi connectivity index (χ4v) is 2.89. The Balaban J connectivity index is 0.00000128.